The molecule has 0 aliphatic rings. The number of aliphatic hydroxyl groups excluding tert-OH is 1. The molecule has 0 aliphatic carbocycles. The maximum atomic E-state index is 10.2. The molecule has 2 aromatic rings. The van der Waals surface area contributed by atoms with Crippen LogP contribution in [0.2, 0.25) is 0 Å². The molecule has 0 fully saturated rings. The van der Waals surface area contributed by atoms with Crippen LogP contribution in [0.1, 0.15) is 32.4 Å². The molecule has 0 radical (unpaired) electrons. The van der Waals surface area contributed by atoms with Gasteiger partial charge in [0.25, 0.3) is 0 Å². The predicted octanol–water partition coefficient (Wildman–Crippen LogP) is 4.92. The third-order valence-corrected chi connectivity index (χ3v) is 4.43. The average Bonchev–Trinajstić information content (AvgIpc) is 2.45. The SMILES string of the molecule is CC(C)(C)SCC(O)c1ccc(-c2ccccc2)cc1. The standard InChI is InChI=1S/C18H22OS/c1-18(2,3)20-13-17(19)16-11-9-15(10-12-16)14-7-5-4-6-8-14/h4-12,17,19H,13H2,1-3H3. The van der Waals surface area contributed by atoms with Crippen molar-refractivity contribution in [1.29, 1.82) is 0 Å². The Kier molecular flexibility index (Phi) is 4.90. The van der Waals surface area contributed by atoms with E-state index in [4.69, 9.17) is 0 Å². The van der Waals surface area contributed by atoms with Crippen LogP contribution in [0.15, 0.2) is 54.6 Å². The van der Waals surface area contributed by atoms with Crippen molar-refractivity contribution in [2.24, 2.45) is 0 Å². The molecule has 0 aromatic heterocycles. The van der Waals surface area contributed by atoms with Gasteiger partial charge in [0, 0.05) is 10.5 Å². The smallest absolute Gasteiger partial charge is 0.0880 e. The molecule has 0 amide bonds. The van der Waals surface area contributed by atoms with Crippen LogP contribution < -0.4 is 0 Å². The molecule has 0 saturated heterocycles. The number of hydrogen-bond donors (Lipinski definition) is 1. The lowest BCUT2D eigenvalue weighted by molar-refractivity contribution is 0.204. The van der Waals surface area contributed by atoms with Crippen molar-refractivity contribution < 1.29 is 5.11 Å². The van der Waals surface area contributed by atoms with Crippen molar-refractivity contribution in [1.82, 2.24) is 0 Å². The second-order valence-electron chi connectivity index (χ2n) is 5.93. The summed E-state index contributed by atoms with van der Waals surface area (Å²) in [7, 11) is 0. The summed E-state index contributed by atoms with van der Waals surface area (Å²) in [5.74, 6) is 0.730. The third kappa shape index (κ3) is 4.39. The third-order valence-electron chi connectivity index (χ3n) is 3.08. The number of hydrogen-bond acceptors (Lipinski definition) is 2. The van der Waals surface area contributed by atoms with Gasteiger partial charge < -0.3 is 5.11 Å². The minimum atomic E-state index is -0.399. The molecule has 1 N–H and O–H groups in total. The van der Waals surface area contributed by atoms with Gasteiger partial charge in [0.15, 0.2) is 0 Å². The van der Waals surface area contributed by atoms with Crippen LogP contribution in [0.4, 0.5) is 0 Å². The van der Waals surface area contributed by atoms with E-state index in [1.54, 1.807) is 11.8 Å². The lowest BCUT2D eigenvalue weighted by Gasteiger charge is -2.20. The topological polar surface area (TPSA) is 20.2 Å². The van der Waals surface area contributed by atoms with E-state index in [0.717, 1.165) is 11.3 Å². The zero-order chi connectivity index (χ0) is 14.6. The first kappa shape index (κ1) is 15.1. The maximum absolute atomic E-state index is 10.2. The van der Waals surface area contributed by atoms with E-state index in [-0.39, 0.29) is 4.75 Å². The molecule has 1 atom stereocenters. The Morgan fingerprint density at radius 2 is 1.45 bits per heavy atom. The molecule has 2 heteroatoms. The molecule has 0 spiro atoms. The quantitative estimate of drug-likeness (QED) is 0.861. The van der Waals surface area contributed by atoms with Crippen LogP contribution in [0.25, 0.3) is 11.1 Å². The summed E-state index contributed by atoms with van der Waals surface area (Å²) in [6.07, 6.45) is -0.399. The van der Waals surface area contributed by atoms with E-state index >= 15 is 0 Å². The Balaban J connectivity index is 2.05. The van der Waals surface area contributed by atoms with Crippen molar-refractivity contribution in [3.05, 3.63) is 60.2 Å². The summed E-state index contributed by atoms with van der Waals surface area (Å²) in [6.45, 7) is 6.51. The summed E-state index contributed by atoms with van der Waals surface area (Å²) in [5, 5.41) is 10.2. The highest BCUT2D eigenvalue weighted by Gasteiger charge is 2.15. The molecule has 106 valence electrons. The number of benzene rings is 2. The number of thioether (sulfide) groups is 1. The highest BCUT2D eigenvalue weighted by atomic mass is 32.2. The predicted molar refractivity (Wildman–Crippen MR) is 89.0 cm³/mol. The minimum Gasteiger partial charge on any atom is -0.388 e. The molecular weight excluding hydrogens is 264 g/mol. The molecule has 20 heavy (non-hydrogen) atoms. The normalized spacial score (nSPS) is 13.2. The molecule has 0 heterocycles. The zero-order valence-corrected chi connectivity index (χ0v) is 13.2. The number of aliphatic hydroxyl groups is 1. The lowest BCUT2D eigenvalue weighted by Crippen LogP contribution is -2.12. The maximum Gasteiger partial charge on any atom is 0.0880 e. The Morgan fingerprint density at radius 3 is 2.00 bits per heavy atom. The fraction of sp³-hybridized carbons (Fsp3) is 0.333. The fourth-order valence-corrected chi connectivity index (χ4v) is 2.80. The molecule has 1 unspecified atom stereocenters. The van der Waals surface area contributed by atoms with E-state index in [2.05, 4.69) is 45.0 Å². The Labute approximate surface area is 126 Å². The fourth-order valence-electron chi connectivity index (χ4n) is 1.95. The zero-order valence-electron chi connectivity index (χ0n) is 12.3. The summed E-state index contributed by atoms with van der Waals surface area (Å²) >= 11 is 1.79. The van der Waals surface area contributed by atoms with Gasteiger partial charge in [-0.1, -0.05) is 75.4 Å². The van der Waals surface area contributed by atoms with Gasteiger partial charge in [0.1, 0.15) is 0 Å². The van der Waals surface area contributed by atoms with Gasteiger partial charge in [-0.25, -0.2) is 0 Å². The van der Waals surface area contributed by atoms with E-state index in [0.29, 0.717) is 0 Å². The van der Waals surface area contributed by atoms with Crippen LogP contribution in [-0.4, -0.2) is 15.6 Å². The van der Waals surface area contributed by atoms with Crippen molar-refractivity contribution in [3.63, 3.8) is 0 Å². The van der Waals surface area contributed by atoms with Crippen LogP contribution in [0.5, 0.6) is 0 Å². The second kappa shape index (κ2) is 6.47. The largest absolute Gasteiger partial charge is 0.388 e. The Bertz CT molecular complexity index is 526. The van der Waals surface area contributed by atoms with Crippen LogP contribution >= 0.6 is 11.8 Å². The highest BCUT2D eigenvalue weighted by molar-refractivity contribution is 8.00. The van der Waals surface area contributed by atoms with Gasteiger partial charge in [-0.15, -0.1) is 0 Å². The summed E-state index contributed by atoms with van der Waals surface area (Å²) in [5.41, 5.74) is 3.38. The summed E-state index contributed by atoms with van der Waals surface area (Å²) in [4.78, 5) is 0. The molecule has 2 aromatic carbocycles. The molecule has 0 aliphatic heterocycles. The van der Waals surface area contributed by atoms with E-state index in [1.165, 1.54) is 11.1 Å². The van der Waals surface area contributed by atoms with Crippen molar-refractivity contribution >= 4 is 11.8 Å². The molecule has 0 bridgehead atoms. The Morgan fingerprint density at radius 1 is 0.900 bits per heavy atom. The van der Waals surface area contributed by atoms with Gasteiger partial charge in [0.05, 0.1) is 6.10 Å². The van der Waals surface area contributed by atoms with Crippen molar-refractivity contribution in [3.8, 4) is 11.1 Å². The van der Waals surface area contributed by atoms with Gasteiger partial charge in [-0.05, 0) is 16.7 Å². The van der Waals surface area contributed by atoms with Crippen molar-refractivity contribution in [2.45, 2.75) is 31.6 Å². The average molecular weight is 286 g/mol. The van der Waals surface area contributed by atoms with Crippen LogP contribution in [0.3, 0.4) is 0 Å². The van der Waals surface area contributed by atoms with Gasteiger partial charge >= 0.3 is 0 Å². The minimum absolute atomic E-state index is 0.185. The first-order valence-corrected chi connectivity index (χ1v) is 7.92. The summed E-state index contributed by atoms with van der Waals surface area (Å²) < 4.78 is 0.185. The molecular formula is C18H22OS. The van der Waals surface area contributed by atoms with Gasteiger partial charge in [-0.3, -0.25) is 0 Å². The first-order valence-electron chi connectivity index (χ1n) is 6.93. The first-order chi connectivity index (χ1) is 9.46. The molecule has 0 saturated carbocycles. The van der Waals surface area contributed by atoms with Crippen LogP contribution in [-0.2, 0) is 0 Å². The van der Waals surface area contributed by atoms with Gasteiger partial charge in [0.2, 0.25) is 0 Å². The van der Waals surface area contributed by atoms with Gasteiger partial charge in [-0.2, -0.15) is 11.8 Å². The monoisotopic (exact) mass is 286 g/mol. The second-order valence-corrected chi connectivity index (χ2v) is 7.77. The molecule has 2 rings (SSSR count). The highest BCUT2D eigenvalue weighted by Crippen LogP contribution is 2.29. The lowest BCUT2D eigenvalue weighted by atomic mass is 10.0. The van der Waals surface area contributed by atoms with E-state index in [9.17, 15) is 5.11 Å². The van der Waals surface area contributed by atoms with Crippen LogP contribution in [0, 0.1) is 0 Å². The number of rotatable bonds is 4. The van der Waals surface area contributed by atoms with E-state index < -0.39 is 6.10 Å². The molecule has 1 nitrogen and oxygen atoms in total. The van der Waals surface area contributed by atoms with E-state index in [1.807, 2.05) is 30.3 Å². The Hall–Kier alpha value is -1.25. The van der Waals surface area contributed by atoms with Crippen molar-refractivity contribution in [2.75, 3.05) is 5.75 Å². The summed E-state index contributed by atoms with van der Waals surface area (Å²) in [6, 6.07) is 18.5.